The Kier molecular flexibility index (Phi) is 7.50. The standard InChI is InChI=1S/C27H25BrF4N2O/c28-22-12-10-19(11-13-22)26(17-18-6-2-1-3-7-18,34-25(35)33-24-8-4-5-9-24)20-14-21(27(30,31)32)16-23(29)15-20/h1-3,6-7,10-16,24H,4-5,8-9,17H2,(H2,33,34,35). The summed E-state index contributed by atoms with van der Waals surface area (Å²) in [5.41, 5.74) is -1.26. The summed E-state index contributed by atoms with van der Waals surface area (Å²) in [5, 5.41) is 5.92. The number of alkyl halides is 3. The Hall–Kier alpha value is -2.87. The lowest BCUT2D eigenvalue weighted by molar-refractivity contribution is -0.137. The average Bonchev–Trinajstić information content (AvgIpc) is 3.31. The number of rotatable bonds is 6. The van der Waals surface area contributed by atoms with Gasteiger partial charge in [0.15, 0.2) is 0 Å². The largest absolute Gasteiger partial charge is 0.416 e. The number of halogens is 5. The van der Waals surface area contributed by atoms with Crippen molar-refractivity contribution in [3.63, 3.8) is 0 Å². The lowest BCUT2D eigenvalue weighted by atomic mass is 9.77. The van der Waals surface area contributed by atoms with Crippen LogP contribution in [0.1, 0.15) is 47.9 Å². The summed E-state index contributed by atoms with van der Waals surface area (Å²) >= 11 is 3.39. The molecule has 8 heteroatoms. The third-order valence-corrected chi connectivity index (χ3v) is 6.91. The summed E-state index contributed by atoms with van der Waals surface area (Å²) in [6, 6.07) is 18.0. The number of hydrogen-bond acceptors (Lipinski definition) is 1. The zero-order valence-corrected chi connectivity index (χ0v) is 20.4. The van der Waals surface area contributed by atoms with Crippen LogP contribution in [0.4, 0.5) is 22.4 Å². The molecule has 3 nitrogen and oxygen atoms in total. The van der Waals surface area contributed by atoms with Gasteiger partial charge in [-0.05, 0) is 59.9 Å². The van der Waals surface area contributed by atoms with Crippen LogP contribution in [0.2, 0.25) is 0 Å². The third-order valence-electron chi connectivity index (χ3n) is 6.38. The normalized spacial score (nSPS) is 16.0. The van der Waals surface area contributed by atoms with Crippen molar-refractivity contribution in [1.29, 1.82) is 0 Å². The summed E-state index contributed by atoms with van der Waals surface area (Å²) in [7, 11) is 0. The number of benzene rings is 3. The van der Waals surface area contributed by atoms with E-state index >= 15 is 0 Å². The van der Waals surface area contributed by atoms with Crippen molar-refractivity contribution in [2.24, 2.45) is 0 Å². The third kappa shape index (κ3) is 6.04. The van der Waals surface area contributed by atoms with Crippen molar-refractivity contribution in [2.75, 3.05) is 0 Å². The van der Waals surface area contributed by atoms with Gasteiger partial charge in [-0.15, -0.1) is 0 Å². The minimum absolute atomic E-state index is 0.00686. The van der Waals surface area contributed by atoms with Crippen molar-refractivity contribution >= 4 is 22.0 Å². The first-order valence-corrected chi connectivity index (χ1v) is 12.2. The summed E-state index contributed by atoms with van der Waals surface area (Å²) in [5.74, 6) is -1.03. The molecule has 0 bridgehead atoms. The SMILES string of the molecule is O=C(NC1CCCC1)NC(Cc1ccccc1)(c1ccc(Br)cc1)c1cc(F)cc(C(F)(F)F)c1. The second-order valence-corrected chi connectivity index (χ2v) is 9.80. The Balaban J connectivity index is 1.89. The molecule has 184 valence electrons. The van der Waals surface area contributed by atoms with Gasteiger partial charge in [0.05, 0.1) is 11.1 Å². The second kappa shape index (κ2) is 10.4. The van der Waals surface area contributed by atoms with E-state index in [-0.39, 0.29) is 18.0 Å². The van der Waals surface area contributed by atoms with Gasteiger partial charge in [0.25, 0.3) is 0 Å². The van der Waals surface area contributed by atoms with E-state index in [1.165, 1.54) is 0 Å². The first-order valence-electron chi connectivity index (χ1n) is 11.4. The number of urea groups is 1. The summed E-state index contributed by atoms with van der Waals surface area (Å²) in [6.45, 7) is 0. The molecule has 0 heterocycles. The van der Waals surface area contributed by atoms with Gasteiger partial charge in [-0.3, -0.25) is 0 Å². The quantitative estimate of drug-likeness (QED) is 0.311. The van der Waals surface area contributed by atoms with Gasteiger partial charge in [0, 0.05) is 16.9 Å². The highest BCUT2D eigenvalue weighted by Crippen LogP contribution is 2.38. The molecule has 3 aromatic rings. The minimum Gasteiger partial charge on any atom is -0.335 e. The van der Waals surface area contributed by atoms with Crippen LogP contribution >= 0.6 is 15.9 Å². The molecule has 1 saturated carbocycles. The van der Waals surface area contributed by atoms with Crippen LogP contribution in [0, 0.1) is 5.82 Å². The zero-order chi connectivity index (χ0) is 25.1. The summed E-state index contributed by atoms with van der Waals surface area (Å²) < 4.78 is 56.4. The lowest BCUT2D eigenvalue weighted by Crippen LogP contribution is -2.53. The zero-order valence-electron chi connectivity index (χ0n) is 18.8. The van der Waals surface area contributed by atoms with Crippen LogP contribution in [-0.2, 0) is 18.1 Å². The van der Waals surface area contributed by atoms with Gasteiger partial charge in [0.2, 0.25) is 0 Å². The summed E-state index contributed by atoms with van der Waals surface area (Å²) in [4.78, 5) is 13.2. The van der Waals surface area contributed by atoms with Crippen LogP contribution in [0.15, 0.2) is 77.3 Å². The van der Waals surface area contributed by atoms with E-state index in [0.29, 0.717) is 11.6 Å². The molecule has 1 unspecified atom stereocenters. The van der Waals surface area contributed by atoms with E-state index in [2.05, 4.69) is 26.6 Å². The second-order valence-electron chi connectivity index (χ2n) is 8.88. The molecular weight excluding hydrogens is 524 g/mol. The smallest absolute Gasteiger partial charge is 0.335 e. The predicted octanol–water partition coefficient (Wildman–Crippen LogP) is 7.34. The molecule has 3 aromatic carbocycles. The van der Waals surface area contributed by atoms with E-state index in [0.717, 1.165) is 47.9 Å². The molecule has 0 radical (unpaired) electrons. The van der Waals surface area contributed by atoms with Gasteiger partial charge in [-0.1, -0.05) is 71.2 Å². The number of carbonyl (C=O) groups excluding carboxylic acids is 1. The van der Waals surface area contributed by atoms with Crippen LogP contribution in [-0.4, -0.2) is 12.1 Å². The Bertz CT molecular complexity index is 1160. The van der Waals surface area contributed by atoms with Crippen LogP contribution in [0.3, 0.4) is 0 Å². The van der Waals surface area contributed by atoms with Crippen LogP contribution < -0.4 is 10.6 Å². The maximum absolute atomic E-state index is 14.6. The Morgan fingerprint density at radius 2 is 1.51 bits per heavy atom. The van der Waals surface area contributed by atoms with Gasteiger partial charge in [-0.25, -0.2) is 9.18 Å². The fraction of sp³-hybridized carbons (Fsp3) is 0.296. The van der Waals surface area contributed by atoms with Gasteiger partial charge in [-0.2, -0.15) is 13.2 Å². The van der Waals surface area contributed by atoms with E-state index in [1.807, 2.05) is 30.3 Å². The van der Waals surface area contributed by atoms with E-state index in [4.69, 9.17) is 0 Å². The molecule has 0 aromatic heterocycles. The topological polar surface area (TPSA) is 41.1 Å². The van der Waals surface area contributed by atoms with Crippen LogP contribution in [0.5, 0.6) is 0 Å². The Morgan fingerprint density at radius 1 is 0.886 bits per heavy atom. The van der Waals surface area contributed by atoms with Gasteiger partial charge < -0.3 is 10.6 Å². The molecule has 2 N–H and O–H groups in total. The minimum atomic E-state index is -4.75. The highest BCUT2D eigenvalue weighted by atomic mass is 79.9. The highest BCUT2D eigenvalue weighted by Gasteiger charge is 2.40. The van der Waals surface area contributed by atoms with E-state index in [9.17, 15) is 22.4 Å². The molecule has 1 aliphatic carbocycles. The lowest BCUT2D eigenvalue weighted by Gasteiger charge is -2.37. The maximum Gasteiger partial charge on any atom is 0.416 e. The first kappa shape index (κ1) is 25.2. The van der Waals surface area contributed by atoms with Crippen molar-refractivity contribution in [1.82, 2.24) is 10.6 Å². The van der Waals surface area contributed by atoms with Crippen molar-refractivity contribution < 1.29 is 22.4 Å². The molecule has 0 spiro atoms. The molecular formula is C27H25BrF4N2O. The average molecular weight is 549 g/mol. The molecule has 1 fully saturated rings. The molecule has 0 saturated heterocycles. The van der Waals surface area contributed by atoms with Crippen LogP contribution in [0.25, 0.3) is 0 Å². The van der Waals surface area contributed by atoms with Crippen molar-refractivity contribution in [2.45, 2.75) is 49.9 Å². The number of amides is 2. The Labute approximate surface area is 210 Å². The highest BCUT2D eigenvalue weighted by molar-refractivity contribution is 9.10. The van der Waals surface area contributed by atoms with E-state index < -0.39 is 29.1 Å². The number of hydrogen-bond donors (Lipinski definition) is 2. The summed E-state index contributed by atoms with van der Waals surface area (Å²) in [6.07, 6.45) is -0.933. The molecule has 1 aliphatic rings. The van der Waals surface area contributed by atoms with Crippen molar-refractivity contribution in [3.05, 3.63) is 105 Å². The van der Waals surface area contributed by atoms with Gasteiger partial charge in [0.1, 0.15) is 5.82 Å². The number of nitrogens with one attached hydrogen (secondary N) is 2. The predicted molar refractivity (Wildman–Crippen MR) is 130 cm³/mol. The fourth-order valence-corrected chi connectivity index (χ4v) is 4.95. The van der Waals surface area contributed by atoms with Crippen molar-refractivity contribution in [3.8, 4) is 0 Å². The van der Waals surface area contributed by atoms with Gasteiger partial charge >= 0.3 is 12.2 Å². The number of carbonyl (C=O) groups is 1. The fourth-order valence-electron chi connectivity index (χ4n) is 4.68. The molecule has 4 rings (SSSR count). The first-order chi connectivity index (χ1) is 16.7. The molecule has 35 heavy (non-hydrogen) atoms. The van der Waals surface area contributed by atoms with E-state index in [1.54, 1.807) is 24.3 Å². The maximum atomic E-state index is 14.6. The molecule has 1 atom stereocenters. The molecule has 2 amide bonds. The monoisotopic (exact) mass is 548 g/mol. The Morgan fingerprint density at radius 3 is 2.14 bits per heavy atom. The molecule has 0 aliphatic heterocycles.